The number of halogens is 2. The van der Waals surface area contributed by atoms with Crippen LogP contribution in [0.3, 0.4) is 0 Å². The molecule has 2 heterocycles. The van der Waals surface area contributed by atoms with Crippen LogP contribution in [0.4, 0.5) is 11.4 Å². The van der Waals surface area contributed by atoms with Gasteiger partial charge in [-0.2, -0.15) is 0 Å². The van der Waals surface area contributed by atoms with Gasteiger partial charge in [0.1, 0.15) is 0 Å². The van der Waals surface area contributed by atoms with E-state index >= 15 is 0 Å². The molecule has 5 heteroatoms. The van der Waals surface area contributed by atoms with Crippen molar-refractivity contribution in [1.82, 2.24) is 4.98 Å². The first-order valence-corrected chi connectivity index (χ1v) is 7.94. The van der Waals surface area contributed by atoms with Crippen molar-refractivity contribution in [3.05, 3.63) is 53.3 Å². The third-order valence-corrected chi connectivity index (χ3v) is 4.37. The molecule has 0 spiro atoms. The summed E-state index contributed by atoms with van der Waals surface area (Å²) in [6.07, 6.45) is 1.83. The summed E-state index contributed by atoms with van der Waals surface area (Å²) in [4.78, 5) is 8.94. The third-order valence-electron chi connectivity index (χ3n) is 3.78. The number of alkyl halides is 1. The van der Waals surface area contributed by atoms with E-state index in [9.17, 15) is 0 Å². The molecule has 1 aromatic carbocycles. The maximum absolute atomic E-state index is 6.27. The van der Waals surface area contributed by atoms with Gasteiger partial charge >= 0.3 is 0 Å². The molecule has 0 saturated carbocycles. The van der Waals surface area contributed by atoms with E-state index in [0.717, 1.165) is 42.6 Å². The highest BCUT2D eigenvalue weighted by molar-refractivity contribution is 6.33. The molecule has 0 bridgehead atoms. The Morgan fingerprint density at radius 3 is 2.43 bits per heavy atom. The van der Waals surface area contributed by atoms with Crippen molar-refractivity contribution in [3.63, 3.8) is 0 Å². The second-order valence-corrected chi connectivity index (χ2v) is 5.74. The van der Waals surface area contributed by atoms with Gasteiger partial charge in [-0.3, -0.25) is 4.98 Å². The van der Waals surface area contributed by atoms with E-state index in [0.29, 0.717) is 5.88 Å². The number of anilines is 2. The summed E-state index contributed by atoms with van der Waals surface area (Å²) in [5, 5.41) is 0.819. The molecule has 0 radical (unpaired) electrons. The van der Waals surface area contributed by atoms with Crippen LogP contribution >= 0.6 is 23.2 Å². The van der Waals surface area contributed by atoms with Crippen LogP contribution in [0.15, 0.2) is 42.6 Å². The van der Waals surface area contributed by atoms with Gasteiger partial charge in [-0.1, -0.05) is 23.7 Å². The van der Waals surface area contributed by atoms with Crippen molar-refractivity contribution >= 4 is 34.6 Å². The van der Waals surface area contributed by atoms with Gasteiger partial charge in [0.25, 0.3) is 0 Å². The molecule has 0 unspecified atom stereocenters. The van der Waals surface area contributed by atoms with E-state index < -0.39 is 0 Å². The molecular weight excluding hydrogens is 305 g/mol. The maximum atomic E-state index is 6.27. The Bertz CT molecular complexity index is 610. The van der Waals surface area contributed by atoms with E-state index in [2.05, 4.69) is 26.9 Å². The van der Waals surface area contributed by atoms with Crippen LogP contribution in [0, 0.1) is 0 Å². The van der Waals surface area contributed by atoms with Crippen molar-refractivity contribution in [2.75, 3.05) is 36.0 Å². The Balaban J connectivity index is 1.69. The number of hydrogen-bond donors (Lipinski definition) is 0. The number of para-hydroxylation sites is 1. The van der Waals surface area contributed by atoms with E-state index in [1.165, 1.54) is 5.69 Å². The van der Waals surface area contributed by atoms with Crippen molar-refractivity contribution < 1.29 is 0 Å². The molecule has 21 heavy (non-hydrogen) atoms. The van der Waals surface area contributed by atoms with Crippen molar-refractivity contribution in [2.24, 2.45) is 0 Å². The highest BCUT2D eigenvalue weighted by atomic mass is 35.5. The fraction of sp³-hybridized carbons (Fsp3) is 0.312. The lowest BCUT2D eigenvalue weighted by molar-refractivity contribution is 0.653. The van der Waals surface area contributed by atoms with E-state index in [4.69, 9.17) is 23.2 Å². The fourth-order valence-corrected chi connectivity index (χ4v) is 3.05. The highest BCUT2D eigenvalue weighted by Crippen LogP contribution is 2.27. The number of pyridine rings is 1. The zero-order valence-corrected chi connectivity index (χ0v) is 13.2. The van der Waals surface area contributed by atoms with Gasteiger partial charge in [0.05, 0.1) is 22.3 Å². The molecule has 1 aromatic heterocycles. The number of rotatable bonds is 3. The Kier molecular flexibility index (Phi) is 4.51. The van der Waals surface area contributed by atoms with Crippen LogP contribution in [-0.2, 0) is 5.88 Å². The number of benzene rings is 1. The molecule has 1 aliphatic heterocycles. The van der Waals surface area contributed by atoms with E-state index in [1.807, 2.05) is 30.5 Å². The first kappa shape index (κ1) is 14.5. The molecule has 1 saturated heterocycles. The Hall–Kier alpha value is -1.45. The number of hydrogen-bond acceptors (Lipinski definition) is 3. The van der Waals surface area contributed by atoms with Crippen LogP contribution in [0.1, 0.15) is 5.69 Å². The standard InChI is InChI=1S/C16H17Cl2N3/c17-12-13-11-14(5-6-19-13)20-7-9-21(10-8-20)16-4-2-1-3-15(16)18/h1-6,11H,7-10,12H2. The Morgan fingerprint density at radius 2 is 1.71 bits per heavy atom. The predicted octanol–water partition coefficient (Wildman–Crippen LogP) is 3.80. The minimum absolute atomic E-state index is 0.452. The molecule has 0 N–H and O–H groups in total. The van der Waals surface area contributed by atoms with Gasteiger partial charge in [0.15, 0.2) is 0 Å². The van der Waals surface area contributed by atoms with Crippen molar-refractivity contribution in [3.8, 4) is 0 Å². The first-order valence-electron chi connectivity index (χ1n) is 7.03. The molecule has 3 rings (SSSR count). The van der Waals surface area contributed by atoms with Gasteiger partial charge in [-0.05, 0) is 24.3 Å². The third kappa shape index (κ3) is 3.25. The monoisotopic (exact) mass is 321 g/mol. The summed E-state index contributed by atoms with van der Waals surface area (Å²) in [7, 11) is 0. The predicted molar refractivity (Wildman–Crippen MR) is 89.7 cm³/mol. The summed E-state index contributed by atoms with van der Waals surface area (Å²) in [5.74, 6) is 0.452. The summed E-state index contributed by atoms with van der Waals surface area (Å²) >= 11 is 12.1. The minimum Gasteiger partial charge on any atom is -0.368 e. The lowest BCUT2D eigenvalue weighted by Crippen LogP contribution is -2.46. The summed E-state index contributed by atoms with van der Waals surface area (Å²) < 4.78 is 0. The van der Waals surface area contributed by atoms with Crippen molar-refractivity contribution in [2.45, 2.75) is 5.88 Å². The van der Waals surface area contributed by atoms with Crippen LogP contribution in [0.5, 0.6) is 0 Å². The van der Waals surface area contributed by atoms with E-state index in [1.54, 1.807) is 0 Å². The Labute approximate surface area is 135 Å². The quantitative estimate of drug-likeness (QED) is 0.801. The second-order valence-electron chi connectivity index (χ2n) is 5.06. The summed E-state index contributed by atoms with van der Waals surface area (Å²) in [5.41, 5.74) is 3.23. The first-order chi connectivity index (χ1) is 10.3. The van der Waals surface area contributed by atoms with Gasteiger partial charge in [-0.15, -0.1) is 11.6 Å². The SMILES string of the molecule is ClCc1cc(N2CCN(c3ccccc3Cl)CC2)ccn1. The van der Waals surface area contributed by atoms with Gasteiger partial charge < -0.3 is 9.80 Å². The molecule has 110 valence electrons. The Morgan fingerprint density at radius 1 is 1.00 bits per heavy atom. The van der Waals surface area contributed by atoms with Crippen LogP contribution in [0.25, 0.3) is 0 Å². The summed E-state index contributed by atoms with van der Waals surface area (Å²) in [6, 6.07) is 12.1. The maximum Gasteiger partial charge on any atom is 0.0648 e. The normalized spacial score (nSPS) is 15.3. The minimum atomic E-state index is 0.452. The van der Waals surface area contributed by atoms with Crippen molar-refractivity contribution in [1.29, 1.82) is 0 Å². The zero-order chi connectivity index (χ0) is 14.7. The smallest absolute Gasteiger partial charge is 0.0648 e. The highest BCUT2D eigenvalue weighted by Gasteiger charge is 2.19. The number of nitrogens with zero attached hydrogens (tertiary/aromatic N) is 3. The molecule has 3 nitrogen and oxygen atoms in total. The molecule has 0 aliphatic carbocycles. The topological polar surface area (TPSA) is 19.4 Å². The molecule has 1 fully saturated rings. The van der Waals surface area contributed by atoms with Gasteiger partial charge in [-0.25, -0.2) is 0 Å². The summed E-state index contributed by atoms with van der Waals surface area (Å²) in [6.45, 7) is 3.86. The lowest BCUT2D eigenvalue weighted by atomic mass is 10.2. The van der Waals surface area contributed by atoms with Crippen LogP contribution in [0.2, 0.25) is 5.02 Å². The van der Waals surface area contributed by atoms with Crippen LogP contribution in [-0.4, -0.2) is 31.2 Å². The molecule has 1 aliphatic rings. The zero-order valence-electron chi connectivity index (χ0n) is 11.7. The van der Waals surface area contributed by atoms with E-state index in [-0.39, 0.29) is 0 Å². The molecular formula is C16H17Cl2N3. The number of piperazine rings is 1. The largest absolute Gasteiger partial charge is 0.368 e. The number of aromatic nitrogens is 1. The van der Waals surface area contributed by atoms with Crippen LogP contribution < -0.4 is 9.80 Å². The average molecular weight is 322 g/mol. The van der Waals surface area contributed by atoms with Gasteiger partial charge in [0, 0.05) is 38.1 Å². The molecule has 2 aromatic rings. The van der Waals surface area contributed by atoms with Gasteiger partial charge in [0.2, 0.25) is 0 Å². The fourth-order valence-electron chi connectivity index (χ4n) is 2.65. The second kappa shape index (κ2) is 6.54. The molecule has 0 amide bonds. The average Bonchev–Trinajstić information content (AvgIpc) is 2.56. The lowest BCUT2D eigenvalue weighted by Gasteiger charge is -2.37. The molecule has 0 atom stereocenters.